The second kappa shape index (κ2) is 5.19. The molecule has 94 valence electrons. The molecule has 0 aliphatic heterocycles. The van der Waals surface area contributed by atoms with Gasteiger partial charge in [-0.1, -0.05) is 28.1 Å². The maximum Gasteiger partial charge on any atom is 0.142 e. The molecule has 0 bridgehead atoms. The minimum Gasteiger partial charge on any atom is -0.261 e. The molecule has 19 heavy (non-hydrogen) atoms. The normalized spacial score (nSPS) is 10.6. The zero-order valence-corrected chi connectivity index (χ0v) is 12.1. The van der Waals surface area contributed by atoms with Crippen molar-refractivity contribution in [2.45, 2.75) is 0 Å². The Morgan fingerprint density at radius 3 is 2.79 bits per heavy atom. The molecule has 0 aliphatic carbocycles. The van der Waals surface area contributed by atoms with Gasteiger partial charge in [-0.2, -0.15) is 0 Å². The molecule has 0 N–H and O–H groups in total. The summed E-state index contributed by atoms with van der Waals surface area (Å²) in [5.74, 6) is -0.352. The van der Waals surface area contributed by atoms with E-state index < -0.39 is 0 Å². The van der Waals surface area contributed by atoms with Gasteiger partial charge in [-0.3, -0.25) is 4.98 Å². The number of nitrogens with zero attached hydrogens (tertiary/aromatic N) is 2. The monoisotopic (exact) mass is 334 g/mol. The fourth-order valence-electron chi connectivity index (χ4n) is 1.71. The highest BCUT2D eigenvalue weighted by molar-refractivity contribution is 9.10. The summed E-state index contributed by atoms with van der Waals surface area (Å²) < 4.78 is 14.2. The fourth-order valence-corrected chi connectivity index (χ4v) is 2.94. The number of aromatic nitrogens is 2. The average molecular weight is 335 g/mol. The Balaban J connectivity index is 2.00. The van der Waals surface area contributed by atoms with E-state index in [2.05, 4.69) is 25.9 Å². The van der Waals surface area contributed by atoms with Crippen LogP contribution in [-0.4, -0.2) is 9.97 Å². The van der Waals surface area contributed by atoms with E-state index in [1.54, 1.807) is 6.20 Å². The van der Waals surface area contributed by atoms with Crippen LogP contribution in [0.2, 0.25) is 0 Å². The predicted octanol–water partition coefficient (Wildman–Crippen LogP) is 4.77. The maximum atomic E-state index is 13.1. The first-order chi connectivity index (χ1) is 9.22. The van der Waals surface area contributed by atoms with Gasteiger partial charge in [-0.05, 0) is 18.2 Å². The largest absolute Gasteiger partial charge is 0.261 e. The summed E-state index contributed by atoms with van der Waals surface area (Å²) in [6, 6.07) is 9.37. The summed E-state index contributed by atoms with van der Waals surface area (Å²) in [4.78, 5) is 8.36. The molecule has 2 aromatic heterocycles. The third-order valence-electron chi connectivity index (χ3n) is 2.58. The molecule has 0 saturated heterocycles. The van der Waals surface area contributed by atoms with E-state index in [-0.39, 0.29) is 5.82 Å². The fraction of sp³-hybridized carbons (Fsp3) is 0. The third kappa shape index (κ3) is 2.72. The Kier molecular flexibility index (Phi) is 3.40. The number of thiazole rings is 1. The lowest BCUT2D eigenvalue weighted by Gasteiger charge is -1.97. The number of hydrogen-bond acceptors (Lipinski definition) is 3. The SMILES string of the molecule is Fc1cncc(-c2csc(-c3cccc(Br)c3)n2)c1. The summed E-state index contributed by atoms with van der Waals surface area (Å²) in [6.07, 6.45) is 2.80. The van der Waals surface area contributed by atoms with Crippen molar-refractivity contribution in [1.29, 1.82) is 0 Å². The van der Waals surface area contributed by atoms with E-state index in [0.717, 1.165) is 20.7 Å². The molecule has 2 nitrogen and oxygen atoms in total. The molecule has 0 spiro atoms. The van der Waals surface area contributed by atoms with Crippen molar-refractivity contribution in [2.75, 3.05) is 0 Å². The van der Waals surface area contributed by atoms with Crippen LogP contribution in [0.15, 0.2) is 52.6 Å². The van der Waals surface area contributed by atoms with Gasteiger partial charge in [0, 0.05) is 27.2 Å². The van der Waals surface area contributed by atoms with Crippen molar-refractivity contribution in [1.82, 2.24) is 9.97 Å². The van der Waals surface area contributed by atoms with Gasteiger partial charge >= 0.3 is 0 Å². The highest BCUT2D eigenvalue weighted by Crippen LogP contribution is 2.30. The molecule has 0 unspecified atom stereocenters. The number of halogens is 2. The van der Waals surface area contributed by atoms with E-state index in [9.17, 15) is 4.39 Å². The van der Waals surface area contributed by atoms with Gasteiger partial charge in [0.05, 0.1) is 11.9 Å². The maximum absolute atomic E-state index is 13.1. The molecule has 0 atom stereocenters. The van der Waals surface area contributed by atoms with Gasteiger partial charge < -0.3 is 0 Å². The summed E-state index contributed by atoms with van der Waals surface area (Å²) >= 11 is 4.97. The number of pyridine rings is 1. The minimum absolute atomic E-state index is 0.352. The molecule has 3 rings (SSSR count). The Morgan fingerprint density at radius 2 is 2.00 bits per heavy atom. The van der Waals surface area contributed by atoms with E-state index in [0.29, 0.717) is 5.56 Å². The van der Waals surface area contributed by atoms with Crippen LogP contribution >= 0.6 is 27.3 Å². The lowest BCUT2D eigenvalue weighted by atomic mass is 10.2. The van der Waals surface area contributed by atoms with Crippen molar-refractivity contribution in [3.8, 4) is 21.8 Å². The zero-order valence-electron chi connectivity index (χ0n) is 9.68. The van der Waals surface area contributed by atoms with Crippen LogP contribution in [0.3, 0.4) is 0 Å². The first-order valence-electron chi connectivity index (χ1n) is 5.55. The van der Waals surface area contributed by atoms with E-state index in [1.165, 1.54) is 23.6 Å². The minimum atomic E-state index is -0.352. The molecule has 2 heterocycles. The average Bonchev–Trinajstić information content (AvgIpc) is 2.88. The Bertz CT molecular complexity index is 667. The van der Waals surface area contributed by atoms with Crippen molar-refractivity contribution >= 4 is 27.3 Å². The van der Waals surface area contributed by atoms with E-state index in [4.69, 9.17) is 0 Å². The number of benzene rings is 1. The van der Waals surface area contributed by atoms with E-state index in [1.807, 2.05) is 29.6 Å². The zero-order chi connectivity index (χ0) is 13.2. The van der Waals surface area contributed by atoms with Crippen molar-refractivity contribution in [2.24, 2.45) is 0 Å². The summed E-state index contributed by atoms with van der Waals surface area (Å²) in [5.41, 5.74) is 2.47. The quantitative estimate of drug-likeness (QED) is 0.674. The molecule has 3 aromatic rings. The molecular weight excluding hydrogens is 327 g/mol. The van der Waals surface area contributed by atoms with Crippen molar-refractivity contribution in [3.63, 3.8) is 0 Å². The van der Waals surface area contributed by atoms with Gasteiger partial charge in [-0.25, -0.2) is 9.37 Å². The van der Waals surface area contributed by atoms with Gasteiger partial charge in [0.15, 0.2) is 0 Å². The lowest BCUT2D eigenvalue weighted by molar-refractivity contribution is 0.622. The molecule has 0 fully saturated rings. The summed E-state index contributed by atoms with van der Waals surface area (Å²) in [6.45, 7) is 0. The van der Waals surface area contributed by atoms with Crippen LogP contribution in [0.4, 0.5) is 4.39 Å². The van der Waals surface area contributed by atoms with Crippen LogP contribution in [0.5, 0.6) is 0 Å². The molecule has 0 saturated carbocycles. The standard InChI is InChI=1S/C14H8BrFN2S/c15-11-3-1-2-9(4-11)14-18-13(8-19-14)10-5-12(16)7-17-6-10/h1-8H. The Morgan fingerprint density at radius 1 is 1.11 bits per heavy atom. The highest BCUT2D eigenvalue weighted by Gasteiger charge is 2.08. The van der Waals surface area contributed by atoms with Crippen LogP contribution in [0, 0.1) is 5.82 Å². The molecule has 1 aromatic carbocycles. The number of hydrogen-bond donors (Lipinski definition) is 0. The Labute approximate surface area is 122 Å². The molecule has 5 heteroatoms. The second-order valence-electron chi connectivity index (χ2n) is 3.94. The van der Waals surface area contributed by atoms with Crippen LogP contribution in [0.1, 0.15) is 0 Å². The Hall–Kier alpha value is -1.59. The lowest BCUT2D eigenvalue weighted by Crippen LogP contribution is -1.83. The van der Waals surface area contributed by atoms with Gasteiger partial charge in [0.1, 0.15) is 10.8 Å². The van der Waals surface area contributed by atoms with Crippen LogP contribution < -0.4 is 0 Å². The van der Waals surface area contributed by atoms with Gasteiger partial charge in [0.25, 0.3) is 0 Å². The second-order valence-corrected chi connectivity index (χ2v) is 5.71. The smallest absolute Gasteiger partial charge is 0.142 e. The summed E-state index contributed by atoms with van der Waals surface area (Å²) in [5, 5.41) is 2.81. The van der Waals surface area contributed by atoms with Crippen molar-refractivity contribution < 1.29 is 4.39 Å². The first-order valence-corrected chi connectivity index (χ1v) is 7.22. The molecular formula is C14H8BrFN2S. The van der Waals surface area contributed by atoms with Crippen molar-refractivity contribution in [3.05, 3.63) is 58.4 Å². The van der Waals surface area contributed by atoms with E-state index >= 15 is 0 Å². The van der Waals surface area contributed by atoms with Crippen LogP contribution in [-0.2, 0) is 0 Å². The third-order valence-corrected chi connectivity index (χ3v) is 3.96. The highest BCUT2D eigenvalue weighted by atomic mass is 79.9. The van der Waals surface area contributed by atoms with Gasteiger partial charge in [0.2, 0.25) is 0 Å². The van der Waals surface area contributed by atoms with Crippen LogP contribution in [0.25, 0.3) is 21.8 Å². The predicted molar refractivity (Wildman–Crippen MR) is 78.4 cm³/mol. The summed E-state index contributed by atoms with van der Waals surface area (Å²) in [7, 11) is 0. The first kappa shape index (κ1) is 12.4. The van der Waals surface area contributed by atoms with Gasteiger partial charge in [-0.15, -0.1) is 11.3 Å². The number of rotatable bonds is 2. The molecule has 0 amide bonds. The topological polar surface area (TPSA) is 25.8 Å². The molecule has 0 radical (unpaired) electrons. The molecule has 0 aliphatic rings.